The molecule has 6 heteroatoms. The highest BCUT2D eigenvalue weighted by atomic mass is 35.5. The Hall–Kier alpha value is -2.37. The number of hydrogen-bond acceptors (Lipinski definition) is 4. The average Bonchev–Trinajstić information content (AvgIpc) is 2.63. The molecule has 0 aliphatic rings. The van der Waals surface area contributed by atoms with Gasteiger partial charge in [-0.3, -0.25) is 4.79 Å². The van der Waals surface area contributed by atoms with Crippen molar-refractivity contribution in [2.75, 3.05) is 11.1 Å². The maximum Gasteiger partial charge on any atom is 0.234 e. The molecule has 0 saturated carbocycles. The fourth-order valence-corrected chi connectivity index (χ4v) is 3.28. The lowest BCUT2D eigenvalue weighted by Gasteiger charge is -2.09. The molecule has 0 aliphatic heterocycles. The lowest BCUT2D eigenvalue weighted by molar-refractivity contribution is -0.113. The number of amides is 1. The van der Waals surface area contributed by atoms with E-state index in [9.17, 15) is 4.79 Å². The van der Waals surface area contributed by atoms with Crippen LogP contribution in [0.25, 0.3) is 11.3 Å². The molecule has 3 aromatic rings. The first-order chi connectivity index (χ1) is 12.5. The number of carbonyl (C=O) groups excluding carboxylic acids is 1. The van der Waals surface area contributed by atoms with E-state index < -0.39 is 0 Å². The third kappa shape index (κ3) is 4.84. The molecule has 0 fully saturated rings. The van der Waals surface area contributed by atoms with Gasteiger partial charge in [0.05, 0.1) is 11.4 Å². The van der Waals surface area contributed by atoms with E-state index in [1.54, 1.807) is 12.1 Å². The smallest absolute Gasteiger partial charge is 0.234 e. The van der Waals surface area contributed by atoms with Crippen LogP contribution >= 0.6 is 23.4 Å². The van der Waals surface area contributed by atoms with E-state index in [-0.39, 0.29) is 11.7 Å². The maximum absolute atomic E-state index is 12.3. The van der Waals surface area contributed by atoms with Gasteiger partial charge in [-0.2, -0.15) is 0 Å². The number of carbonyl (C=O) groups is 1. The predicted molar refractivity (Wildman–Crippen MR) is 108 cm³/mol. The summed E-state index contributed by atoms with van der Waals surface area (Å²) in [4.78, 5) is 21.2. The molecule has 4 nitrogen and oxygen atoms in total. The molecule has 1 N–H and O–H groups in total. The van der Waals surface area contributed by atoms with E-state index in [0.717, 1.165) is 28.2 Å². The molecule has 0 atom stereocenters. The van der Waals surface area contributed by atoms with Gasteiger partial charge in [-0.25, -0.2) is 9.97 Å². The number of benzene rings is 2. The molecule has 1 aromatic heterocycles. The van der Waals surface area contributed by atoms with Crippen molar-refractivity contribution in [3.63, 3.8) is 0 Å². The number of anilines is 1. The minimum atomic E-state index is -0.119. The summed E-state index contributed by atoms with van der Waals surface area (Å²) in [6.45, 7) is 3.85. The Bertz CT molecular complexity index is 932. The number of aryl methyl sites for hydroxylation is 2. The summed E-state index contributed by atoms with van der Waals surface area (Å²) in [7, 11) is 0. The average molecular weight is 384 g/mol. The number of halogens is 1. The van der Waals surface area contributed by atoms with Crippen LogP contribution in [0.4, 0.5) is 5.69 Å². The van der Waals surface area contributed by atoms with Gasteiger partial charge < -0.3 is 5.32 Å². The Morgan fingerprint density at radius 1 is 1.08 bits per heavy atom. The fourth-order valence-electron chi connectivity index (χ4n) is 2.41. The molecule has 0 saturated heterocycles. The first-order valence-electron chi connectivity index (χ1n) is 8.11. The van der Waals surface area contributed by atoms with Gasteiger partial charge in [0.25, 0.3) is 0 Å². The van der Waals surface area contributed by atoms with Crippen LogP contribution in [0, 0.1) is 13.8 Å². The molecular weight excluding hydrogens is 366 g/mol. The number of aromatic nitrogens is 2. The predicted octanol–water partition coefficient (Wildman–Crippen LogP) is 5.14. The van der Waals surface area contributed by atoms with Crippen molar-refractivity contribution in [1.82, 2.24) is 9.97 Å². The summed E-state index contributed by atoms with van der Waals surface area (Å²) in [5.74, 6) is 0.107. The van der Waals surface area contributed by atoms with Crippen molar-refractivity contribution in [3.8, 4) is 11.3 Å². The zero-order chi connectivity index (χ0) is 18.5. The quantitative estimate of drug-likeness (QED) is 0.489. The third-order valence-corrected chi connectivity index (χ3v) is 4.79. The van der Waals surface area contributed by atoms with E-state index in [0.29, 0.717) is 10.2 Å². The molecular formula is C20H18ClN3OS. The summed E-state index contributed by atoms with van der Waals surface area (Å²) in [6.07, 6.45) is 0. The van der Waals surface area contributed by atoms with E-state index in [4.69, 9.17) is 11.6 Å². The van der Waals surface area contributed by atoms with Crippen molar-refractivity contribution in [1.29, 1.82) is 0 Å². The standard InChI is InChI=1S/C20H18ClN3OS/c1-13-8-9-16(21)11-17(13)23-19(25)12-26-20-22-14(2)10-18(24-20)15-6-4-3-5-7-15/h3-11H,12H2,1-2H3,(H,23,25). The number of thioether (sulfide) groups is 1. The Balaban J connectivity index is 1.68. The molecule has 26 heavy (non-hydrogen) atoms. The summed E-state index contributed by atoms with van der Waals surface area (Å²) >= 11 is 7.30. The zero-order valence-corrected chi connectivity index (χ0v) is 16.1. The highest BCUT2D eigenvalue weighted by Gasteiger charge is 2.10. The Kier molecular flexibility index (Phi) is 5.91. The van der Waals surface area contributed by atoms with E-state index in [1.807, 2.05) is 56.3 Å². The monoisotopic (exact) mass is 383 g/mol. The summed E-state index contributed by atoms with van der Waals surface area (Å²) in [5, 5.41) is 4.06. The topological polar surface area (TPSA) is 54.9 Å². The molecule has 0 bridgehead atoms. The maximum atomic E-state index is 12.3. The number of rotatable bonds is 5. The van der Waals surface area contributed by atoms with Gasteiger partial charge in [0.2, 0.25) is 5.91 Å². The zero-order valence-electron chi connectivity index (χ0n) is 14.5. The van der Waals surface area contributed by atoms with Crippen molar-refractivity contribution in [2.24, 2.45) is 0 Å². The van der Waals surface area contributed by atoms with Gasteiger partial charge in [0, 0.05) is 22.0 Å². The van der Waals surface area contributed by atoms with Crippen molar-refractivity contribution < 1.29 is 4.79 Å². The van der Waals surface area contributed by atoms with Crippen LogP contribution in [0.1, 0.15) is 11.3 Å². The molecule has 0 spiro atoms. The highest BCUT2D eigenvalue weighted by Crippen LogP contribution is 2.23. The van der Waals surface area contributed by atoms with Crippen LogP contribution in [0.3, 0.4) is 0 Å². The van der Waals surface area contributed by atoms with Gasteiger partial charge in [-0.1, -0.05) is 59.8 Å². The molecule has 3 rings (SSSR count). The van der Waals surface area contributed by atoms with Crippen LogP contribution in [-0.2, 0) is 4.79 Å². The molecule has 0 unspecified atom stereocenters. The highest BCUT2D eigenvalue weighted by molar-refractivity contribution is 7.99. The van der Waals surface area contributed by atoms with Crippen LogP contribution in [-0.4, -0.2) is 21.6 Å². The van der Waals surface area contributed by atoms with Crippen molar-refractivity contribution in [3.05, 3.63) is 70.9 Å². The van der Waals surface area contributed by atoms with Gasteiger partial charge >= 0.3 is 0 Å². The van der Waals surface area contributed by atoms with Gasteiger partial charge in [0.15, 0.2) is 5.16 Å². The van der Waals surface area contributed by atoms with Crippen LogP contribution in [0.2, 0.25) is 5.02 Å². The van der Waals surface area contributed by atoms with Gasteiger partial charge in [-0.05, 0) is 37.6 Å². The minimum absolute atomic E-state index is 0.119. The number of nitrogens with zero attached hydrogens (tertiary/aromatic N) is 2. The molecule has 1 heterocycles. The fraction of sp³-hybridized carbons (Fsp3) is 0.150. The minimum Gasteiger partial charge on any atom is -0.325 e. The van der Waals surface area contributed by atoms with Crippen molar-refractivity contribution in [2.45, 2.75) is 19.0 Å². The Labute approximate surface area is 162 Å². The normalized spacial score (nSPS) is 10.6. The molecule has 2 aromatic carbocycles. The van der Waals surface area contributed by atoms with E-state index in [2.05, 4.69) is 15.3 Å². The second kappa shape index (κ2) is 8.34. The Morgan fingerprint density at radius 3 is 2.62 bits per heavy atom. The summed E-state index contributed by atoms with van der Waals surface area (Å²) in [5.41, 5.74) is 4.43. The first kappa shape index (κ1) is 18.4. The number of nitrogens with one attached hydrogen (secondary N) is 1. The SMILES string of the molecule is Cc1cc(-c2ccccc2)nc(SCC(=O)Nc2cc(Cl)ccc2C)n1. The molecule has 132 valence electrons. The molecule has 1 amide bonds. The summed E-state index contributed by atoms with van der Waals surface area (Å²) in [6, 6.07) is 17.3. The van der Waals surface area contributed by atoms with Crippen LogP contribution in [0.15, 0.2) is 59.8 Å². The third-order valence-electron chi connectivity index (χ3n) is 3.71. The van der Waals surface area contributed by atoms with Crippen LogP contribution in [0.5, 0.6) is 0 Å². The second-order valence-corrected chi connectivity index (χ2v) is 7.22. The van der Waals surface area contributed by atoms with E-state index >= 15 is 0 Å². The summed E-state index contributed by atoms with van der Waals surface area (Å²) < 4.78 is 0. The van der Waals surface area contributed by atoms with Crippen LogP contribution < -0.4 is 5.32 Å². The first-order valence-corrected chi connectivity index (χ1v) is 9.47. The van der Waals surface area contributed by atoms with Gasteiger partial charge in [-0.15, -0.1) is 0 Å². The van der Waals surface area contributed by atoms with Gasteiger partial charge in [0.1, 0.15) is 0 Å². The van der Waals surface area contributed by atoms with E-state index in [1.165, 1.54) is 11.8 Å². The second-order valence-electron chi connectivity index (χ2n) is 5.84. The number of hydrogen-bond donors (Lipinski definition) is 1. The van der Waals surface area contributed by atoms with Crippen molar-refractivity contribution >= 4 is 35.0 Å². The lowest BCUT2D eigenvalue weighted by atomic mass is 10.1. The molecule has 0 aliphatic carbocycles. The largest absolute Gasteiger partial charge is 0.325 e. The molecule has 0 radical (unpaired) electrons. The Morgan fingerprint density at radius 2 is 1.85 bits per heavy atom. The lowest BCUT2D eigenvalue weighted by Crippen LogP contribution is -2.15.